The molecule has 0 aliphatic carbocycles. The number of carbonyl (C=O) groups excluding carboxylic acids is 1. The van der Waals surface area contributed by atoms with E-state index >= 15 is 0 Å². The molecule has 0 saturated carbocycles. The van der Waals surface area contributed by atoms with Gasteiger partial charge < -0.3 is 14.4 Å². The number of imidazole rings is 1. The van der Waals surface area contributed by atoms with E-state index in [0.717, 1.165) is 24.2 Å². The van der Waals surface area contributed by atoms with Gasteiger partial charge in [0.15, 0.2) is 0 Å². The summed E-state index contributed by atoms with van der Waals surface area (Å²) in [6, 6.07) is 13.7. The van der Waals surface area contributed by atoms with Crippen molar-refractivity contribution in [3.63, 3.8) is 0 Å². The number of aliphatic carboxylic acids is 1. The number of ether oxygens (including phenoxy) is 1. The van der Waals surface area contributed by atoms with E-state index in [0.29, 0.717) is 34.8 Å². The van der Waals surface area contributed by atoms with Crippen LogP contribution in [0.15, 0.2) is 65.0 Å². The van der Waals surface area contributed by atoms with E-state index in [1.807, 2.05) is 27.7 Å². The molecule has 38 heavy (non-hydrogen) atoms. The van der Waals surface area contributed by atoms with Crippen molar-refractivity contribution >= 4 is 39.4 Å². The predicted molar refractivity (Wildman–Crippen MR) is 148 cm³/mol. The summed E-state index contributed by atoms with van der Waals surface area (Å²) in [5.74, 6) is -0.313. The van der Waals surface area contributed by atoms with Crippen molar-refractivity contribution in [1.29, 1.82) is 0 Å². The summed E-state index contributed by atoms with van der Waals surface area (Å²) in [5.41, 5.74) is 2.40. The highest BCUT2D eigenvalue weighted by Crippen LogP contribution is 2.31. The number of hydrogen-bond donors (Lipinski definition) is 2. The molecule has 1 amide bonds. The van der Waals surface area contributed by atoms with Crippen LogP contribution in [0.4, 0.5) is 4.79 Å². The van der Waals surface area contributed by atoms with E-state index in [1.165, 1.54) is 17.8 Å². The predicted octanol–water partition coefficient (Wildman–Crippen LogP) is 5.20. The maximum Gasteiger partial charge on any atom is 0.421 e. The first kappa shape index (κ1) is 29.0. The zero-order chi connectivity index (χ0) is 27.9. The number of aryl methyl sites for hydroxylation is 1. The third-order valence-corrected chi connectivity index (χ3v) is 7.82. The average Bonchev–Trinajstić information content (AvgIpc) is 3.24. The van der Waals surface area contributed by atoms with Crippen LogP contribution in [-0.4, -0.2) is 48.0 Å². The maximum atomic E-state index is 12.9. The van der Waals surface area contributed by atoms with Gasteiger partial charge in [0.2, 0.25) is 0 Å². The maximum absolute atomic E-state index is 12.9. The number of benzene rings is 2. The minimum absolute atomic E-state index is 0.0190. The molecule has 202 valence electrons. The Bertz CT molecular complexity index is 1430. The Morgan fingerprint density at radius 2 is 1.82 bits per heavy atom. The molecule has 0 fully saturated rings. The number of amides is 1. The van der Waals surface area contributed by atoms with Crippen LogP contribution < -0.4 is 4.72 Å². The summed E-state index contributed by atoms with van der Waals surface area (Å²) in [7, 11) is -4.16. The van der Waals surface area contributed by atoms with Gasteiger partial charge in [-0.2, -0.15) is 0 Å². The number of nitrogens with zero attached hydrogens (tertiary/aromatic N) is 2. The Balaban J connectivity index is 1.98. The van der Waals surface area contributed by atoms with Crippen molar-refractivity contribution in [2.45, 2.75) is 49.6 Å². The van der Waals surface area contributed by atoms with Crippen molar-refractivity contribution in [3.05, 3.63) is 72.2 Å². The molecule has 0 aliphatic heterocycles. The standard InChI is InChI=1S/C27H31N3O6S2/c1-5-7-12-23-28-25(37-4)24(18(3)26(31)32)30(23)17-19-13-15-20(16-14-19)21-10-8-9-11-22(21)38(34,35)29-27(33)36-6-2/h8-11,13-16H,3,5-7,12,17H2,1-2,4H3,(H,29,33)(H,31,32). The average molecular weight is 558 g/mol. The molecule has 2 N–H and O–H groups in total. The second-order valence-electron chi connectivity index (χ2n) is 8.38. The Morgan fingerprint density at radius 1 is 1.13 bits per heavy atom. The number of aromatic nitrogens is 2. The van der Waals surface area contributed by atoms with Crippen molar-refractivity contribution in [3.8, 4) is 11.1 Å². The first-order valence-corrected chi connectivity index (χ1v) is 14.8. The smallest absolute Gasteiger partial charge is 0.421 e. The fourth-order valence-electron chi connectivity index (χ4n) is 3.94. The zero-order valence-corrected chi connectivity index (χ0v) is 23.2. The summed E-state index contributed by atoms with van der Waals surface area (Å²) >= 11 is 1.38. The van der Waals surface area contributed by atoms with Crippen LogP contribution >= 0.6 is 11.8 Å². The molecule has 9 nitrogen and oxygen atoms in total. The van der Waals surface area contributed by atoms with Crippen LogP contribution in [-0.2, 0) is 32.5 Å². The number of sulfonamides is 1. The van der Waals surface area contributed by atoms with E-state index in [-0.39, 0.29) is 17.1 Å². The molecule has 0 atom stereocenters. The lowest BCUT2D eigenvalue weighted by Crippen LogP contribution is -2.31. The summed E-state index contributed by atoms with van der Waals surface area (Å²) in [6.07, 6.45) is 3.40. The Kier molecular flexibility index (Phi) is 9.76. The van der Waals surface area contributed by atoms with Crippen LogP contribution in [0.25, 0.3) is 16.7 Å². The number of carbonyl (C=O) groups is 2. The molecule has 0 saturated heterocycles. The van der Waals surface area contributed by atoms with Gasteiger partial charge in [0.1, 0.15) is 10.9 Å². The molecule has 1 aromatic heterocycles. The second kappa shape index (κ2) is 12.8. The van der Waals surface area contributed by atoms with Crippen LogP contribution in [0, 0.1) is 0 Å². The zero-order valence-electron chi connectivity index (χ0n) is 21.6. The molecule has 11 heteroatoms. The van der Waals surface area contributed by atoms with E-state index in [2.05, 4.69) is 13.5 Å². The van der Waals surface area contributed by atoms with E-state index in [4.69, 9.17) is 9.72 Å². The third-order valence-electron chi connectivity index (χ3n) is 5.78. The van der Waals surface area contributed by atoms with Crippen LogP contribution in [0.2, 0.25) is 0 Å². The highest BCUT2D eigenvalue weighted by atomic mass is 32.2. The van der Waals surface area contributed by atoms with Crippen molar-refractivity contribution < 1.29 is 27.9 Å². The molecule has 0 unspecified atom stereocenters. The van der Waals surface area contributed by atoms with Crippen molar-refractivity contribution in [2.75, 3.05) is 12.9 Å². The highest BCUT2D eigenvalue weighted by Gasteiger charge is 2.24. The molecule has 2 aromatic carbocycles. The first-order valence-electron chi connectivity index (χ1n) is 12.1. The lowest BCUT2D eigenvalue weighted by atomic mass is 10.0. The topological polar surface area (TPSA) is 128 Å². The number of hydrogen-bond acceptors (Lipinski definition) is 7. The number of carboxylic acid groups (broad SMARTS) is 1. The molecule has 0 aliphatic rings. The first-order chi connectivity index (χ1) is 18.1. The third kappa shape index (κ3) is 6.65. The van der Waals surface area contributed by atoms with Gasteiger partial charge in [-0.25, -0.2) is 27.7 Å². The molecule has 3 rings (SSSR count). The van der Waals surface area contributed by atoms with Crippen LogP contribution in [0.3, 0.4) is 0 Å². The summed E-state index contributed by atoms with van der Waals surface area (Å²) in [6.45, 7) is 7.86. The lowest BCUT2D eigenvalue weighted by Gasteiger charge is -2.14. The van der Waals surface area contributed by atoms with Gasteiger partial charge in [0.25, 0.3) is 10.0 Å². The van der Waals surface area contributed by atoms with Gasteiger partial charge in [0, 0.05) is 18.5 Å². The highest BCUT2D eigenvalue weighted by molar-refractivity contribution is 7.98. The molecular formula is C27H31N3O6S2. The minimum Gasteiger partial charge on any atom is -0.478 e. The number of nitrogens with one attached hydrogen (secondary N) is 1. The molecule has 0 radical (unpaired) electrons. The van der Waals surface area contributed by atoms with Crippen LogP contribution in [0.5, 0.6) is 0 Å². The van der Waals surface area contributed by atoms with E-state index in [9.17, 15) is 23.1 Å². The van der Waals surface area contributed by atoms with Gasteiger partial charge in [-0.3, -0.25) is 0 Å². The molecule has 1 heterocycles. The normalized spacial score (nSPS) is 11.2. The fraction of sp³-hybridized carbons (Fsp3) is 0.296. The molecule has 0 bridgehead atoms. The molecule has 0 spiro atoms. The fourth-order valence-corrected chi connectivity index (χ4v) is 5.69. The van der Waals surface area contributed by atoms with Gasteiger partial charge in [0.05, 0.1) is 22.8 Å². The van der Waals surface area contributed by atoms with E-state index < -0.39 is 22.1 Å². The minimum atomic E-state index is -4.16. The van der Waals surface area contributed by atoms with Gasteiger partial charge in [-0.15, -0.1) is 11.8 Å². The monoisotopic (exact) mass is 557 g/mol. The SMILES string of the molecule is C=C(C(=O)O)c1c(SC)nc(CCCC)n1Cc1ccc(-c2ccccc2S(=O)(=O)NC(=O)OCC)cc1. The largest absolute Gasteiger partial charge is 0.478 e. The molecular weight excluding hydrogens is 526 g/mol. The van der Waals surface area contributed by atoms with Crippen LogP contribution in [0.1, 0.15) is 43.8 Å². The van der Waals surface area contributed by atoms with Gasteiger partial charge in [-0.1, -0.05) is 62.4 Å². The number of thioether (sulfide) groups is 1. The van der Waals surface area contributed by atoms with Gasteiger partial charge >= 0.3 is 12.1 Å². The molecule has 3 aromatic rings. The summed E-state index contributed by atoms with van der Waals surface area (Å²) in [4.78, 5) is 28.2. The lowest BCUT2D eigenvalue weighted by molar-refractivity contribution is -0.130. The Hall–Kier alpha value is -3.57. The van der Waals surface area contributed by atoms with Crippen molar-refractivity contribution in [1.82, 2.24) is 14.3 Å². The number of carboxylic acids is 1. The van der Waals surface area contributed by atoms with E-state index in [1.54, 1.807) is 37.3 Å². The number of unbranched alkanes of at least 4 members (excludes halogenated alkanes) is 1. The van der Waals surface area contributed by atoms with Gasteiger partial charge in [-0.05, 0) is 36.8 Å². The quantitative estimate of drug-likeness (QED) is 0.230. The number of rotatable bonds is 12. The summed E-state index contributed by atoms with van der Waals surface area (Å²) in [5, 5.41) is 10.3. The van der Waals surface area contributed by atoms with Crippen molar-refractivity contribution in [2.24, 2.45) is 0 Å². The Morgan fingerprint density at radius 3 is 2.42 bits per heavy atom. The Labute approximate surface area is 227 Å². The summed E-state index contributed by atoms with van der Waals surface area (Å²) < 4.78 is 34.2. The second-order valence-corrected chi connectivity index (χ2v) is 10.8.